The molecule has 84 valence electrons. The topological polar surface area (TPSA) is 12.0 Å². The van der Waals surface area contributed by atoms with Crippen molar-refractivity contribution < 1.29 is 0 Å². The third kappa shape index (κ3) is 4.57. The molecule has 15 heavy (non-hydrogen) atoms. The number of anilines is 1. The Balaban J connectivity index is 2.50. The molecule has 0 saturated heterocycles. The minimum absolute atomic E-state index is 0.378. The summed E-state index contributed by atoms with van der Waals surface area (Å²) in [6.45, 7) is 7.75. The van der Waals surface area contributed by atoms with Gasteiger partial charge >= 0.3 is 0 Å². The lowest BCUT2D eigenvalue weighted by molar-refractivity contribution is 0.390. The molecule has 0 aromatic heterocycles. The highest BCUT2D eigenvalue weighted by atomic mass is 35.5. The summed E-state index contributed by atoms with van der Waals surface area (Å²) in [6.07, 6.45) is 1.16. The molecule has 1 rings (SSSR count). The number of halogens is 1. The van der Waals surface area contributed by atoms with Crippen LogP contribution >= 0.6 is 11.6 Å². The van der Waals surface area contributed by atoms with E-state index < -0.39 is 0 Å². The zero-order valence-electron chi connectivity index (χ0n) is 9.81. The standard InChI is InChI=1S/C13H20ClN/c1-13(2,3)8-9-15-12-7-5-4-6-11(12)10-14/h4-7,15H,8-10H2,1-3H3. The molecule has 0 radical (unpaired) electrons. The van der Waals surface area contributed by atoms with Crippen molar-refractivity contribution in [2.24, 2.45) is 5.41 Å². The van der Waals surface area contributed by atoms with Crippen molar-refractivity contribution in [3.8, 4) is 0 Å². The number of hydrogen-bond donors (Lipinski definition) is 1. The van der Waals surface area contributed by atoms with Gasteiger partial charge in [-0.15, -0.1) is 11.6 Å². The van der Waals surface area contributed by atoms with E-state index in [0.717, 1.165) is 18.7 Å². The predicted octanol–water partition coefficient (Wildman–Crippen LogP) is 4.27. The fraction of sp³-hybridized carbons (Fsp3) is 0.538. The van der Waals surface area contributed by atoms with Crippen molar-refractivity contribution in [1.29, 1.82) is 0 Å². The Morgan fingerprint density at radius 3 is 2.47 bits per heavy atom. The molecule has 0 aliphatic carbocycles. The van der Waals surface area contributed by atoms with Crippen LogP contribution in [0.15, 0.2) is 24.3 Å². The fourth-order valence-corrected chi connectivity index (χ4v) is 1.61. The number of alkyl halides is 1. The van der Waals surface area contributed by atoms with E-state index in [0.29, 0.717) is 11.3 Å². The monoisotopic (exact) mass is 225 g/mol. The van der Waals surface area contributed by atoms with Crippen LogP contribution < -0.4 is 5.32 Å². The molecule has 1 aromatic rings. The van der Waals surface area contributed by atoms with Crippen LogP contribution in [-0.4, -0.2) is 6.54 Å². The Kier molecular flexibility index (Phi) is 4.46. The Morgan fingerprint density at radius 2 is 1.87 bits per heavy atom. The number of hydrogen-bond acceptors (Lipinski definition) is 1. The fourth-order valence-electron chi connectivity index (χ4n) is 1.38. The quantitative estimate of drug-likeness (QED) is 0.755. The van der Waals surface area contributed by atoms with Crippen molar-refractivity contribution in [3.63, 3.8) is 0 Å². The summed E-state index contributed by atoms with van der Waals surface area (Å²) >= 11 is 5.86. The lowest BCUT2D eigenvalue weighted by atomic mass is 9.92. The van der Waals surface area contributed by atoms with E-state index in [4.69, 9.17) is 11.6 Å². The molecular formula is C13H20ClN. The van der Waals surface area contributed by atoms with Gasteiger partial charge in [0.15, 0.2) is 0 Å². The second kappa shape index (κ2) is 5.41. The SMILES string of the molecule is CC(C)(C)CCNc1ccccc1CCl. The van der Waals surface area contributed by atoms with Crippen molar-refractivity contribution in [2.75, 3.05) is 11.9 Å². The molecule has 0 unspecified atom stereocenters. The molecule has 1 N–H and O–H groups in total. The molecule has 1 aromatic carbocycles. The van der Waals surface area contributed by atoms with Gasteiger partial charge in [-0.2, -0.15) is 0 Å². The van der Waals surface area contributed by atoms with E-state index in [2.05, 4.69) is 38.2 Å². The Bertz CT molecular complexity index is 302. The van der Waals surface area contributed by atoms with Crippen LogP contribution in [0.4, 0.5) is 5.69 Å². The summed E-state index contributed by atoms with van der Waals surface area (Å²) in [5, 5.41) is 3.44. The lowest BCUT2D eigenvalue weighted by Gasteiger charge is -2.19. The summed E-state index contributed by atoms with van der Waals surface area (Å²) in [7, 11) is 0. The molecule has 0 aliphatic heterocycles. The maximum atomic E-state index is 5.86. The Morgan fingerprint density at radius 1 is 1.20 bits per heavy atom. The summed E-state index contributed by atoms with van der Waals surface area (Å²) in [5.74, 6) is 0.568. The van der Waals surface area contributed by atoms with Gasteiger partial charge in [0.25, 0.3) is 0 Å². The average Bonchev–Trinajstić information content (AvgIpc) is 2.16. The van der Waals surface area contributed by atoms with Gasteiger partial charge < -0.3 is 5.32 Å². The molecule has 0 bridgehead atoms. The normalized spacial score (nSPS) is 11.5. The van der Waals surface area contributed by atoms with Crippen molar-refractivity contribution >= 4 is 17.3 Å². The molecular weight excluding hydrogens is 206 g/mol. The minimum Gasteiger partial charge on any atom is -0.385 e. The summed E-state index contributed by atoms with van der Waals surface area (Å²) in [6, 6.07) is 8.20. The molecule has 0 spiro atoms. The van der Waals surface area contributed by atoms with Crippen molar-refractivity contribution in [2.45, 2.75) is 33.1 Å². The van der Waals surface area contributed by atoms with E-state index >= 15 is 0 Å². The molecule has 1 nitrogen and oxygen atoms in total. The number of benzene rings is 1. The van der Waals surface area contributed by atoms with Crippen LogP contribution in [0.2, 0.25) is 0 Å². The van der Waals surface area contributed by atoms with Gasteiger partial charge in [0.1, 0.15) is 0 Å². The molecule has 0 saturated carbocycles. The van der Waals surface area contributed by atoms with Gasteiger partial charge in [0, 0.05) is 18.1 Å². The first-order valence-electron chi connectivity index (χ1n) is 5.41. The highest BCUT2D eigenvalue weighted by Crippen LogP contribution is 2.20. The van der Waals surface area contributed by atoms with Crippen LogP contribution in [0, 0.1) is 5.41 Å². The third-order valence-electron chi connectivity index (χ3n) is 2.35. The van der Waals surface area contributed by atoms with Crippen LogP contribution in [0.1, 0.15) is 32.8 Å². The first-order valence-corrected chi connectivity index (χ1v) is 5.94. The van der Waals surface area contributed by atoms with Crippen LogP contribution in [0.3, 0.4) is 0 Å². The zero-order valence-corrected chi connectivity index (χ0v) is 10.6. The maximum Gasteiger partial charge on any atom is 0.0494 e. The van der Waals surface area contributed by atoms with Gasteiger partial charge in [-0.05, 0) is 23.5 Å². The number of rotatable bonds is 4. The van der Waals surface area contributed by atoms with Gasteiger partial charge in [0.05, 0.1) is 0 Å². The maximum absolute atomic E-state index is 5.86. The van der Waals surface area contributed by atoms with Gasteiger partial charge in [-0.25, -0.2) is 0 Å². The lowest BCUT2D eigenvalue weighted by Crippen LogP contribution is -2.13. The Labute approximate surface area is 97.8 Å². The third-order valence-corrected chi connectivity index (χ3v) is 2.64. The van der Waals surface area contributed by atoms with Gasteiger partial charge in [-0.3, -0.25) is 0 Å². The largest absolute Gasteiger partial charge is 0.385 e. The first kappa shape index (κ1) is 12.4. The average molecular weight is 226 g/mol. The predicted molar refractivity (Wildman–Crippen MR) is 68.6 cm³/mol. The number of nitrogens with one attached hydrogen (secondary N) is 1. The second-order valence-corrected chi connectivity index (χ2v) is 5.30. The van der Waals surface area contributed by atoms with Crippen molar-refractivity contribution in [1.82, 2.24) is 0 Å². The van der Waals surface area contributed by atoms with E-state index in [1.54, 1.807) is 0 Å². The van der Waals surface area contributed by atoms with E-state index in [-0.39, 0.29) is 0 Å². The van der Waals surface area contributed by atoms with E-state index in [1.807, 2.05) is 12.1 Å². The molecule has 0 fully saturated rings. The zero-order chi connectivity index (χ0) is 11.3. The Hall–Kier alpha value is -0.690. The summed E-state index contributed by atoms with van der Waals surface area (Å²) in [5.41, 5.74) is 2.72. The van der Waals surface area contributed by atoms with Crippen LogP contribution in [0.5, 0.6) is 0 Å². The molecule has 0 amide bonds. The van der Waals surface area contributed by atoms with Crippen molar-refractivity contribution in [3.05, 3.63) is 29.8 Å². The number of para-hydroxylation sites is 1. The highest BCUT2D eigenvalue weighted by Gasteiger charge is 2.09. The molecule has 0 heterocycles. The van der Waals surface area contributed by atoms with Gasteiger partial charge in [-0.1, -0.05) is 39.0 Å². The van der Waals surface area contributed by atoms with E-state index in [1.165, 1.54) is 5.56 Å². The summed E-state index contributed by atoms with van der Waals surface area (Å²) < 4.78 is 0. The smallest absolute Gasteiger partial charge is 0.0494 e. The molecule has 0 aliphatic rings. The van der Waals surface area contributed by atoms with Crippen LogP contribution in [0.25, 0.3) is 0 Å². The second-order valence-electron chi connectivity index (χ2n) is 5.03. The van der Waals surface area contributed by atoms with Gasteiger partial charge in [0.2, 0.25) is 0 Å². The van der Waals surface area contributed by atoms with E-state index in [9.17, 15) is 0 Å². The highest BCUT2D eigenvalue weighted by molar-refractivity contribution is 6.17. The summed E-state index contributed by atoms with van der Waals surface area (Å²) in [4.78, 5) is 0. The van der Waals surface area contributed by atoms with Crippen LogP contribution in [-0.2, 0) is 5.88 Å². The first-order chi connectivity index (χ1) is 7.03. The molecule has 0 atom stereocenters. The molecule has 2 heteroatoms. The minimum atomic E-state index is 0.378.